The minimum atomic E-state index is -0.268. The van der Waals surface area contributed by atoms with Crippen LogP contribution in [0.3, 0.4) is 0 Å². The molecule has 0 saturated carbocycles. The molecule has 0 unspecified atom stereocenters. The van der Waals surface area contributed by atoms with E-state index in [0.29, 0.717) is 30.5 Å². The molecule has 0 radical (unpaired) electrons. The first-order valence-corrected chi connectivity index (χ1v) is 12.3. The van der Waals surface area contributed by atoms with Crippen LogP contribution in [0.4, 0.5) is 22.0 Å². The molecule has 0 spiro atoms. The Balaban J connectivity index is 1.56. The number of amides is 2. The highest BCUT2D eigenvalue weighted by Gasteiger charge is 2.16. The van der Waals surface area contributed by atoms with Gasteiger partial charge in [0.15, 0.2) is 5.82 Å². The van der Waals surface area contributed by atoms with Crippen LogP contribution < -0.4 is 20.5 Å². The number of hydrogen-bond donors (Lipinski definition) is 4. The van der Waals surface area contributed by atoms with Crippen molar-refractivity contribution in [3.05, 3.63) is 60.3 Å². The van der Waals surface area contributed by atoms with Crippen molar-refractivity contribution >= 4 is 40.9 Å². The number of nitrogens with zero attached hydrogens (tertiary/aromatic N) is 3. The fourth-order valence-corrected chi connectivity index (χ4v) is 4.33. The van der Waals surface area contributed by atoms with Crippen LogP contribution in [0.25, 0.3) is 11.4 Å². The van der Waals surface area contributed by atoms with Gasteiger partial charge in [0.05, 0.1) is 25.8 Å². The summed E-state index contributed by atoms with van der Waals surface area (Å²) in [7, 11) is 1.58. The van der Waals surface area contributed by atoms with E-state index >= 15 is 0 Å². The Labute approximate surface area is 208 Å². The zero-order valence-electron chi connectivity index (χ0n) is 19.7. The van der Waals surface area contributed by atoms with E-state index in [2.05, 4.69) is 20.5 Å². The van der Waals surface area contributed by atoms with Crippen LogP contribution in [-0.2, 0) is 10.5 Å². The van der Waals surface area contributed by atoms with E-state index in [-0.39, 0.29) is 11.9 Å². The second-order valence-electron chi connectivity index (χ2n) is 7.95. The Bertz CT molecular complexity index is 1170. The molecule has 1 aliphatic heterocycles. The van der Waals surface area contributed by atoms with E-state index in [0.717, 1.165) is 40.7 Å². The number of hydrogen-bond acceptors (Lipinski definition) is 6. The summed E-state index contributed by atoms with van der Waals surface area (Å²) in [6.45, 7) is 4.53. The molecule has 1 fully saturated rings. The fourth-order valence-electron chi connectivity index (χ4n) is 3.54. The summed E-state index contributed by atoms with van der Waals surface area (Å²) >= 11 is 1.69. The van der Waals surface area contributed by atoms with E-state index in [1.165, 1.54) is 0 Å². The van der Waals surface area contributed by atoms with Gasteiger partial charge >= 0.3 is 11.9 Å². The molecule has 0 aliphatic carbocycles. The third kappa shape index (κ3) is 6.93. The maximum Gasteiger partial charge on any atom is 0.334 e. The van der Waals surface area contributed by atoms with Gasteiger partial charge in [-0.2, -0.15) is 4.99 Å². The van der Waals surface area contributed by atoms with E-state index < -0.39 is 0 Å². The number of anilines is 2. The maximum absolute atomic E-state index is 11.6. The Morgan fingerprint density at radius 1 is 1.11 bits per heavy atom. The third-order valence-corrected chi connectivity index (χ3v) is 6.34. The van der Waals surface area contributed by atoms with Crippen LogP contribution in [0.2, 0.25) is 0 Å². The van der Waals surface area contributed by atoms with E-state index in [1.54, 1.807) is 25.7 Å². The first-order valence-electron chi connectivity index (χ1n) is 11.3. The topological polar surface area (TPSA) is 114 Å². The molecular formula is C25H29N6O3S+. The number of aliphatic hydroxyl groups excluding tert-OH is 1. The summed E-state index contributed by atoms with van der Waals surface area (Å²) < 4.78 is 5.51. The molecule has 2 heterocycles. The molecule has 3 aromatic rings. The molecule has 10 heteroatoms. The van der Waals surface area contributed by atoms with Crippen LogP contribution in [0.15, 0.2) is 59.5 Å². The number of urea groups is 1. The van der Waals surface area contributed by atoms with Crippen LogP contribution in [-0.4, -0.2) is 60.4 Å². The number of aromatic nitrogens is 2. The number of nitrogens with one attached hydrogen (secondary N) is 3. The van der Waals surface area contributed by atoms with Gasteiger partial charge in [-0.15, -0.1) is 11.8 Å². The minimum absolute atomic E-state index is 0.159. The highest BCUT2D eigenvalue weighted by atomic mass is 32.2. The summed E-state index contributed by atoms with van der Waals surface area (Å²) in [4.78, 5) is 27.5. The van der Waals surface area contributed by atoms with Gasteiger partial charge in [-0.25, -0.2) is 14.8 Å². The molecule has 1 aliphatic rings. The lowest BCUT2D eigenvalue weighted by molar-refractivity contribution is -0.366. The molecule has 0 atom stereocenters. The largest absolute Gasteiger partial charge is 0.463 e. The van der Waals surface area contributed by atoms with Gasteiger partial charge in [0, 0.05) is 60.2 Å². The zero-order chi connectivity index (χ0) is 24.6. The number of thioether (sulfide) groups is 1. The van der Waals surface area contributed by atoms with Crippen LogP contribution in [0.1, 0.15) is 12.6 Å². The van der Waals surface area contributed by atoms with Crippen LogP contribution >= 0.6 is 11.8 Å². The first-order chi connectivity index (χ1) is 17.0. The van der Waals surface area contributed by atoms with Gasteiger partial charge in [0.1, 0.15) is 5.82 Å². The molecule has 35 heavy (non-hydrogen) atoms. The number of carbonyl (C=O) groups excluding carboxylic acids is 1. The predicted octanol–water partition coefficient (Wildman–Crippen LogP) is 2.71. The molecular weight excluding hydrogens is 464 g/mol. The number of carbonyl (C=O) groups is 1. The van der Waals surface area contributed by atoms with Crippen LogP contribution in [0, 0.1) is 0 Å². The summed E-state index contributed by atoms with van der Waals surface area (Å²) in [5, 5.41) is 14.7. The number of morpholine rings is 1. The lowest BCUT2D eigenvalue weighted by Gasteiger charge is -2.28. The Morgan fingerprint density at radius 2 is 1.83 bits per heavy atom. The molecule has 1 saturated heterocycles. The van der Waals surface area contributed by atoms with Crippen molar-refractivity contribution in [1.82, 2.24) is 15.3 Å². The summed E-state index contributed by atoms with van der Waals surface area (Å²) in [6, 6.07) is 17.2. The number of ether oxygens (including phenoxy) is 1. The number of aliphatic hydroxyl groups is 1. The van der Waals surface area contributed by atoms with Crippen molar-refractivity contribution < 1.29 is 19.6 Å². The SMILES string of the molecule is CNC(=O)Nc1ccc(-c2nc(CSc3ccc([NH+]=C(C)O)cc3)cc(N3CCOCC3)n2)cc1. The van der Waals surface area contributed by atoms with E-state index in [9.17, 15) is 9.90 Å². The van der Waals surface area contributed by atoms with Gasteiger partial charge in [0.2, 0.25) is 5.69 Å². The second kappa shape index (κ2) is 11.7. The lowest BCUT2D eigenvalue weighted by atomic mass is 10.2. The Morgan fingerprint density at radius 3 is 2.49 bits per heavy atom. The second-order valence-corrected chi connectivity index (χ2v) is 8.99. The van der Waals surface area contributed by atoms with Gasteiger partial charge in [-0.05, 0) is 36.4 Å². The van der Waals surface area contributed by atoms with Gasteiger partial charge < -0.3 is 25.4 Å². The van der Waals surface area contributed by atoms with Crippen molar-refractivity contribution in [3.63, 3.8) is 0 Å². The van der Waals surface area contributed by atoms with Gasteiger partial charge in [-0.3, -0.25) is 0 Å². The number of benzene rings is 2. The van der Waals surface area contributed by atoms with Gasteiger partial charge in [0.25, 0.3) is 0 Å². The summed E-state index contributed by atoms with van der Waals surface area (Å²) in [5.74, 6) is 2.37. The monoisotopic (exact) mass is 493 g/mol. The molecule has 1 aromatic heterocycles. The van der Waals surface area contributed by atoms with Crippen molar-refractivity contribution in [2.24, 2.45) is 0 Å². The van der Waals surface area contributed by atoms with Crippen molar-refractivity contribution in [2.75, 3.05) is 43.6 Å². The Kier molecular flexibility index (Phi) is 8.17. The van der Waals surface area contributed by atoms with Gasteiger partial charge in [-0.1, -0.05) is 0 Å². The molecule has 0 bridgehead atoms. The third-order valence-electron chi connectivity index (χ3n) is 5.30. The highest BCUT2D eigenvalue weighted by Crippen LogP contribution is 2.27. The molecule has 9 nitrogen and oxygen atoms in total. The molecule has 2 aromatic carbocycles. The molecule has 2 amide bonds. The zero-order valence-corrected chi connectivity index (χ0v) is 20.6. The standard InChI is InChI=1S/C25H28N6O3S/c1-17(32)27-19-7-9-22(10-8-19)35-16-21-15-23(31-11-13-34-14-12-31)30-24(28-21)18-3-5-20(6-4-18)29-25(33)26-2/h3-10,15H,11-14,16H2,1-2H3,(H,27,32)(H2,26,29,33)/p+1. The van der Waals surface area contributed by atoms with Crippen LogP contribution in [0.5, 0.6) is 0 Å². The molecule has 182 valence electrons. The van der Waals surface area contributed by atoms with E-state index in [4.69, 9.17) is 14.7 Å². The fraction of sp³-hybridized carbons (Fsp3) is 0.280. The van der Waals surface area contributed by atoms with Crippen molar-refractivity contribution in [3.8, 4) is 11.4 Å². The quantitative estimate of drug-likeness (QED) is 0.227. The van der Waals surface area contributed by atoms with Crippen molar-refractivity contribution in [2.45, 2.75) is 17.6 Å². The summed E-state index contributed by atoms with van der Waals surface area (Å²) in [5.41, 5.74) is 3.33. The minimum Gasteiger partial charge on any atom is -0.463 e. The molecule has 4 rings (SSSR count). The number of rotatable bonds is 7. The normalized spacial score (nSPS) is 14.0. The van der Waals surface area contributed by atoms with Crippen molar-refractivity contribution in [1.29, 1.82) is 0 Å². The predicted molar refractivity (Wildman–Crippen MR) is 139 cm³/mol. The summed E-state index contributed by atoms with van der Waals surface area (Å²) in [6.07, 6.45) is 0. The van der Waals surface area contributed by atoms with E-state index in [1.807, 2.05) is 54.6 Å². The lowest BCUT2D eigenvalue weighted by Crippen LogP contribution is -2.65. The molecule has 4 N–H and O–H groups in total. The first kappa shape index (κ1) is 24.5. The maximum atomic E-state index is 11.6. The highest BCUT2D eigenvalue weighted by molar-refractivity contribution is 7.98. The Hall–Kier alpha value is -3.63. The smallest absolute Gasteiger partial charge is 0.334 e. The average molecular weight is 494 g/mol. The average Bonchev–Trinajstić information content (AvgIpc) is 2.88.